The van der Waals surface area contributed by atoms with Gasteiger partial charge >= 0.3 is 6.09 Å². The van der Waals surface area contributed by atoms with Crippen molar-refractivity contribution in [2.75, 3.05) is 0 Å². The SMILES string of the molecule is CC(C)NC(=O)C1CCC(C)N1C(=O)O. The van der Waals surface area contributed by atoms with Crippen LogP contribution >= 0.6 is 0 Å². The molecule has 1 rings (SSSR count). The van der Waals surface area contributed by atoms with Crippen LogP contribution in [0.1, 0.15) is 33.6 Å². The molecule has 1 aliphatic rings. The highest BCUT2D eigenvalue weighted by molar-refractivity contribution is 5.86. The second kappa shape index (κ2) is 4.51. The van der Waals surface area contributed by atoms with Gasteiger partial charge in [0.15, 0.2) is 0 Å². The number of carbonyl (C=O) groups is 2. The largest absolute Gasteiger partial charge is 0.465 e. The van der Waals surface area contributed by atoms with Gasteiger partial charge in [-0.15, -0.1) is 0 Å². The molecule has 0 aromatic carbocycles. The maximum atomic E-state index is 11.7. The normalized spacial score (nSPS) is 25.7. The number of hydrogen-bond donors (Lipinski definition) is 2. The summed E-state index contributed by atoms with van der Waals surface area (Å²) in [7, 11) is 0. The molecule has 0 aliphatic carbocycles. The van der Waals surface area contributed by atoms with Gasteiger partial charge in [0, 0.05) is 12.1 Å². The van der Waals surface area contributed by atoms with Crippen molar-refractivity contribution in [3.63, 3.8) is 0 Å². The smallest absolute Gasteiger partial charge is 0.408 e. The van der Waals surface area contributed by atoms with E-state index in [0.29, 0.717) is 6.42 Å². The molecule has 0 spiro atoms. The van der Waals surface area contributed by atoms with E-state index < -0.39 is 12.1 Å². The number of carboxylic acid groups (broad SMARTS) is 1. The second-order valence-corrected chi connectivity index (χ2v) is 4.30. The molecular weight excluding hydrogens is 196 g/mol. The van der Waals surface area contributed by atoms with Gasteiger partial charge in [-0.3, -0.25) is 9.69 Å². The van der Waals surface area contributed by atoms with Crippen LogP contribution < -0.4 is 5.32 Å². The maximum absolute atomic E-state index is 11.7. The molecule has 2 atom stereocenters. The fourth-order valence-electron chi connectivity index (χ4n) is 1.94. The highest BCUT2D eigenvalue weighted by atomic mass is 16.4. The zero-order valence-electron chi connectivity index (χ0n) is 9.36. The van der Waals surface area contributed by atoms with Crippen molar-refractivity contribution in [1.82, 2.24) is 10.2 Å². The fraction of sp³-hybridized carbons (Fsp3) is 0.800. The summed E-state index contributed by atoms with van der Waals surface area (Å²) < 4.78 is 0. The Labute approximate surface area is 89.4 Å². The van der Waals surface area contributed by atoms with E-state index in [1.54, 1.807) is 0 Å². The first-order chi connectivity index (χ1) is 6.93. The van der Waals surface area contributed by atoms with Gasteiger partial charge in [0.1, 0.15) is 6.04 Å². The molecule has 1 fully saturated rings. The molecule has 1 aliphatic heterocycles. The van der Waals surface area contributed by atoms with Gasteiger partial charge in [0.2, 0.25) is 5.91 Å². The molecule has 1 saturated heterocycles. The van der Waals surface area contributed by atoms with Crippen molar-refractivity contribution in [3.8, 4) is 0 Å². The molecule has 5 heteroatoms. The number of likely N-dealkylation sites (tertiary alicyclic amines) is 1. The van der Waals surface area contributed by atoms with Crippen LogP contribution in [0, 0.1) is 0 Å². The Morgan fingerprint density at radius 3 is 2.47 bits per heavy atom. The van der Waals surface area contributed by atoms with Gasteiger partial charge < -0.3 is 10.4 Å². The number of amides is 2. The molecule has 5 nitrogen and oxygen atoms in total. The number of rotatable bonds is 2. The van der Waals surface area contributed by atoms with Crippen LogP contribution in [0.2, 0.25) is 0 Å². The molecule has 2 unspecified atom stereocenters. The van der Waals surface area contributed by atoms with E-state index in [0.717, 1.165) is 6.42 Å². The quantitative estimate of drug-likeness (QED) is 0.721. The Morgan fingerprint density at radius 2 is 2.00 bits per heavy atom. The van der Waals surface area contributed by atoms with Gasteiger partial charge in [-0.2, -0.15) is 0 Å². The minimum absolute atomic E-state index is 0.0454. The van der Waals surface area contributed by atoms with Gasteiger partial charge in [0.25, 0.3) is 0 Å². The minimum Gasteiger partial charge on any atom is -0.465 e. The monoisotopic (exact) mass is 214 g/mol. The lowest BCUT2D eigenvalue weighted by atomic mass is 10.2. The Balaban J connectivity index is 2.68. The first-order valence-corrected chi connectivity index (χ1v) is 5.25. The number of nitrogens with one attached hydrogen (secondary N) is 1. The van der Waals surface area contributed by atoms with Crippen molar-refractivity contribution >= 4 is 12.0 Å². The molecule has 0 aromatic rings. The molecule has 0 radical (unpaired) electrons. The van der Waals surface area contributed by atoms with E-state index in [1.165, 1.54) is 4.90 Å². The van der Waals surface area contributed by atoms with Crippen LogP contribution in [0.15, 0.2) is 0 Å². The van der Waals surface area contributed by atoms with Crippen LogP contribution in [-0.2, 0) is 4.79 Å². The Hall–Kier alpha value is -1.26. The molecule has 2 N–H and O–H groups in total. The van der Waals surface area contributed by atoms with Crippen LogP contribution in [-0.4, -0.2) is 40.1 Å². The summed E-state index contributed by atoms with van der Waals surface area (Å²) in [5.74, 6) is -0.184. The van der Waals surface area contributed by atoms with Crippen molar-refractivity contribution < 1.29 is 14.7 Å². The predicted molar refractivity (Wildman–Crippen MR) is 55.6 cm³/mol. The van der Waals surface area contributed by atoms with Crippen molar-refractivity contribution in [1.29, 1.82) is 0 Å². The van der Waals surface area contributed by atoms with Crippen LogP contribution in [0.3, 0.4) is 0 Å². The molecule has 15 heavy (non-hydrogen) atoms. The van der Waals surface area contributed by atoms with Gasteiger partial charge in [0.05, 0.1) is 0 Å². The Kier molecular flexibility index (Phi) is 3.55. The van der Waals surface area contributed by atoms with Gasteiger partial charge in [-0.05, 0) is 33.6 Å². The molecule has 1 heterocycles. The summed E-state index contributed by atoms with van der Waals surface area (Å²) in [6, 6.07) is -0.533. The highest BCUT2D eigenvalue weighted by Crippen LogP contribution is 2.23. The van der Waals surface area contributed by atoms with Crippen molar-refractivity contribution in [2.24, 2.45) is 0 Å². The van der Waals surface area contributed by atoms with Crippen LogP contribution in [0.25, 0.3) is 0 Å². The van der Waals surface area contributed by atoms with E-state index >= 15 is 0 Å². The van der Waals surface area contributed by atoms with E-state index in [4.69, 9.17) is 5.11 Å². The van der Waals surface area contributed by atoms with Crippen LogP contribution in [0.5, 0.6) is 0 Å². The van der Waals surface area contributed by atoms with E-state index in [1.807, 2.05) is 20.8 Å². The summed E-state index contributed by atoms with van der Waals surface area (Å²) in [4.78, 5) is 23.9. The summed E-state index contributed by atoms with van der Waals surface area (Å²) in [5.41, 5.74) is 0. The summed E-state index contributed by atoms with van der Waals surface area (Å²) >= 11 is 0. The predicted octanol–water partition coefficient (Wildman–Crippen LogP) is 1.04. The van der Waals surface area contributed by atoms with Gasteiger partial charge in [-0.1, -0.05) is 0 Å². The van der Waals surface area contributed by atoms with Crippen LogP contribution in [0.4, 0.5) is 4.79 Å². The third kappa shape index (κ3) is 2.61. The molecular formula is C10H18N2O3. The number of carbonyl (C=O) groups excluding carboxylic acids is 1. The third-order valence-corrected chi connectivity index (χ3v) is 2.62. The Bertz CT molecular complexity index is 265. The average molecular weight is 214 g/mol. The lowest BCUT2D eigenvalue weighted by Gasteiger charge is -2.25. The zero-order chi connectivity index (χ0) is 11.6. The van der Waals surface area contributed by atoms with E-state index in [-0.39, 0.29) is 18.0 Å². The molecule has 0 bridgehead atoms. The molecule has 86 valence electrons. The molecule has 0 saturated carbocycles. The summed E-state index contributed by atoms with van der Waals surface area (Å²) in [6.07, 6.45) is 0.359. The van der Waals surface area contributed by atoms with Gasteiger partial charge in [-0.25, -0.2) is 4.79 Å². The Morgan fingerprint density at radius 1 is 1.40 bits per heavy atom. The molecule has 0 aromatic heterocycles. The lowest BCUT2D eigenvalue weighted by Crippen LogP contribution is -2.49. The zero-order valence-corrected chi connectivity index (χ0v) is 9.36. The summed E-state index contributed by atoms with van der Waals surface area (Å²) in [5, 5.41) is 11.7. The lowest BCUT2D eigenvalue weighted by molar-refractivity contribution is -0.125. The highest BCUT2D eigenvalue weighted by Gasteiger charge is 2.38. The minimum atomic E-state index is -1.01. The third-order valence-electron chi connectivity index (χ3n) is 2.62. The summed E-state index contributed by atoms with van der Waals surface area (Å²) in [6.45, 7) is 5.56. The van der Waals surface area contributed by atoms with Crippen molar-refractivity contribution in [2.45, 2.75) is 51.7 Å². The average Bonchev–Trinajstić information content (AvgIpc) is 2.45. The van der Waals surface area contributed by atoms with E-state index in [2.05, 4.69) is 5.32 Å². The van der Waals surface area contributed by atoms with Crippen molar-refractivity contribution in [3.05, 3.63) is 0 Å². The van der Waals surface area contributed by atoms with E-state index in [9.17, 15) is 9.59 Å². The fourth-order valence-corrected chi connectivity index (χ4v) is 1.94. The second-order valence-electron chi connectivity index (χ2n) is 4.30. The maximum Gasteiger partial charge on any atom is 0.408 e. The first kappa shape index (κ1) is 11.8. The first-order valence-electron chi connectivity index (χ1n) is 5.25. The number of hydrogen-bond acceptors (Lipinski definition) is 2. The number of nitrogens with zero attached hydrogens (tertiary/aromatic N) is 1. The standard InChI is InChI=1S/C10H18N2O3/c1-6(2)11-9(13)8-5-4-7(3)12(8)10(14)15/h6-8H,4-5H2,1-3H3,(H,11,13)(H,14,15). The topological polar surface area (TPSA) is 69.6 Å². The molecule has 2 amide bonds.